The van der Waals surface area contributed by atoms with Crippen LogP contribution >= 0.6 is 23.1 Å². The zero-order chi connectivity index (χ0) is 19.4. The number of aromatic nitrogens is 3. The Kier molecular flexibility index (Phi) is 6.28. The minimum atomic E-state index is -0.280. The topological polar surface area (TPSA) is 77.0 Å². The van der Waals surface area contributed by atoms with Crippen LogP contribution in [0.15, 0.2) is 29.4 Å². The van der Waals surface area contributed by atoms with Crippen molar-refractivity contribution in [3.63, 3.8) is 0 Å². The molecule has 3 rings (SSSR count). The van der Waals surface area contributed by atoms with Crippen LogP contribution in [0, 0.1) is 13.8 Å². The lowest BCUT2D eigenvalue weighted by atomic mass is 10.3. The first-order chi connectivity index (χ1) is 13.0. The summed E-state index contributed by atoms with van der Waals surface area (Å²) in [7, 11) is 0. The average Bonchev–Trinajstić information content (AvgIpc) is 3.00. The molecule has 2 aromatic heterocycles. The minimum absolute atomic E-state index is 0.0886. The summed E-state index contributed by atoms with van der Waals surface area (Å²) in [5.41, 5.74) is 2.64. The molecule has 0 aliphatic carbocycles. The lowest BCUT2D eigenvalue weighted by molar-refractivity contribution is -0.115. The fourth-order valence-electron chi connectivity index (χ4n) is 2.60. The van der Waals surface area contributed by atoms with Gasteiger partial charge in [-0.1, -0.05) is 30.0 Å². The highest BCUT2D eigenvalue weighted by Crippen LogP contribution is 2.30. The van der Waals surface area contributed by atoms with Crippen molar-refractivity contribution >= 4 is 44.4 Å². The molecule has 0 spiro atoms. The second-order valence-electron chi connectivity index (χ2n) is 6.02. The molecule has 0 aliphatic rings. The van der Waals surface area contributed by atoms with Crippen LogP contribution in [0.4, 0.5) is 5.13 Å². The molecule has 1 unspecified atom stereocenters. The van der Waals surface area contributed by atoms with E-state index in [1.807, 2.05) is 52.0 Å². The predicted octanol–water partition coefficient (Wildman–Crippen LogP) is 4.61. The van der Waals surface area contributed by atoms with Crippen molar-refractivity contribution in [3.8, 4) is 5.75 Å². The fourth-order valence-corrected chi connectivity index (χ4v) is 4.47. The molecule has 27 heavy (non-hydrogen) atoms. The normalized spacial score (nSPS) is 12.1. The SMILES string of the molecule is CCOc1ccc2nc(NC(=O)C(CC)Sc3nc(C)cc(C)n3)sc2c1. The van der Waals surface area contributed by atoms with Gasteiger partial charge in [-0.25, -0.2) is 15.0 Å². The van der Waals surface area contributed by atoms with Crippen LogP contribution in [-0.2, 0) is 4.79 Å². The third-order valence-electron chi connectivity index (χ3n) is 3.77. The standard InChI is InChI=1S/C19H22N4O2S2/c1-5-15(26-18-20-11(3)9-12(4)21-18)17(24)23-19-22-14-8-7-13(25-6-2)10-16(14)27-19/h7-10,15H,5-6H2,1-4H3,(H,22,23,24). The lowest BCUT2D eigenvalue weighted by Crippen LogP contribution is -2.24. The number of benzene rings is 1. The number of thiazole rings is 1. The average molecular weight is 403 g/mol. The number of anilines is 1. The number of hydrogen-bond donors (Lipinski definition) is 1. The number of carbonyl (C=O) groups excluding carboxylic acids is 1. The second-order valence-corrected chi connectivity index (χ2v) is 8.22. The van der Waals surface area contributed by atoms with E-state index in [9.17, 15) is 4.79 Å². The van der Waals surface area contributed by atoms with Crippen molar-refractivity contribution in [1.82, 2.24) is 15.0 Å². The van der Waals surface area contributed by atoms with Gasteiger partial charge in [0.15, 0.2) is 10.3 Å². The maximum atomic E-state index is 12.7. The molecule has 1 amide bonds. The van der Waals surface area contributed by atoms with E-state index >= 15 is 0 Å². The van der Waals surface area contributed by atoms with Gasteiger partial charge in [0.1, 0.15) is 5.75 Å². The van der Waals surface area contributed by atoms with Gasteiger partial charge in [0, 0.05) is 11.4 Å². The third kappa shape index (κ3) is 4.95. The van der Waals surface area contributed by atoms with E-state index < -0.39 is 0 Å². The van der Waals surface area contributed by atoms with Gasteiger partial charge in [-0.3, -0.25) is 4.79 Å². The Morgan fingerprint density at radius 3 is 2.59 bits per heavy atom. The number of aryl methyl sites for hydroxylation is 2. The van der Waals surface area contributed by atoms with Crippen molar-refractivity contribution in [1.29, 1.82) is 0 Å². The summed E-state index contributed by atoms with van der Waals surface area (Å²) < 4.78 is 6.50. The molecule has 8 heteroatoms. The number of nitrogens with zero attached hydrogens (tertiary/aromatic N) is 3. The van der Waals surface area contributed by atoms with Gasteiger partial charge in [-0.15, -0.1) is 0 Å². The van der Waals surface area contributed by atoms with Gasteiger partial charge in [0.05, 0.1) is 22.1 Å². The van der Waals surface area contributed by atoms with Gasteiger partial charge >= 0.3 is 0 Å². The Balaban J connectivity index is 1.73. The molecule has 3 aromatic rings. The fraction of sp³-hybridized carbons (Fsp3) is 0.368. The number of rotatable bonds is 7. The van der Waals surface area contributed by atoms with Crippen LogP contribution in [0.3, 0.4) is 0 Å². The van der Waals surface area contributed by atoms with Crippen molar-refractivity contribution in [2.24, 2.45) is 0 Å². The smallest absolute Gasteiger partial charge is 0.239 e. The Morgan fingerprint density at radius 2 is 1.93 bits per heavy atom. The quantitative estimate of drug-likeness (QED) is 0.459. The number of hydrogen-bond acceptors (Lipinski definition) is 7. The van der Waals surface area contributed by atoms with Crippen molar-refractivity contribution in [2.75, 3.05) is 11.9 Å². The lowest BCUT2D eigenvalue weighted by Gasteiger charge is -2.13. The van der Waals surface area contributed by atoms with E-state index in [0.717, 1.165) is 27.4 Å². The second kappa shape index (κ2) is 8.67. The van der Waals surface area contributed by atoms with Gasteiger partial charge < -0.3 is 10.1 Å². The summed E-state index contributed by atoms with van der Waals surface area (Å²) in [6.07, 6.45) is 0.673. The molecule has 6 nitrogen and oxygen atoms in total. The van der Waals surface area contributed by atoms with Crippen LogP contribution in [0.2, 0.25) is 0 Å². The molecule has 1 atom stereocenters. The van der Waals surface area contributed by atoms with E-state index in [1.165, 1.54) is 23.1 Å². The Morgan fingerprint density at radius 1 is 1.19 bits per heavy atom. The zero-order valence-electron chi connectivity index (χ0n) is 15.8. The highest BCUT2D eigenvalue weighted by Gasteiger charge is 2.21. The van der Waals surface area contributed by atoms with E-state index in [1.54, 1.807) is 0 Å². The number of ether oxygens (including phenoxy) is 1. The van der Waals surface area contributed by atoms with Gasteiger partial charge in [0.25, 0.3) is 0 Å². The van der Waals surface area contributed by atoms with Gasteiger partial charge in [-0.05, 0) is 51.5 Å². The molecule has 142 valence electrons. The van der Waals surface area contributed by atoms with Crippen molar-refractivity contribution in [2.45, 2.75) is 44.5 Å². The molecule has 0 saturated heterocycles. The Labute approximate surface area is 166 Å². The largest absolute Gasteiger partial charge is 0.494 e. The summed E-state index contributed by atoms with van der Waals surface area (Å²) in [5, 5.41) is 3.87. The summed E-state index contributed by atoms with van der Waals surface area (Å²) in [5.74, 6) is 0.717. The summed E-state index contributed by atoms with van der Waals surface area (Å²) in [4.78, 5) is 26.1. The van der Waals surface area contributed by atoms with Gasteiger partial charge in [-0.2, -0.15) is 0 Å². The number of fused-ring (bicyclic) bond motifs is 1. The molecule has 0 saturated carbocycles. The molecule has 0 radical (unpaired) electrons. The van der Waals surface area contributed by atoms with Crippen LogP contribution in [0.25, 0.3) is 10.2 Å². The first kappa shape index (κ1) is 19.6. The van der Waals surface area contributed by atoms with Gasteiger partial charge in [0.2, 0.25) is 5.91 Å². The summed E-state index contributed by atoms with van der Waals surface area (Å²) in [6, 6.07) is 7.66. The van der Waals surface area contributed by atoms with E-state index in [0.29, 0.717) is 23.3 Å². The van der Waals surface area contributed by atoms with Crippen molar-refractivity contribution in [3.05, 3.63) is 35.7 Å². The number of amides is 1. The summed E-state index contributed by atoms with van der Waals surface area (Å²) >= 11 is 2.82. The first-order valence-corrected chi connectivity index (χ1v) is 10.5. The molecule has 1 aromatic carbocycles. The molecule has 1 N–H and O–H groups in total. The molecular weight excluding hydrogens is 380 g/mol. The van der Waals surface area contributed by atoms with Crippen LogP contribution in [0.5, 0.6) is 5.75 Å². The van der Waals surface area contributed by atoms with E-state index in [2.05, 4.69) is 20.3 Å². The molecule has 0 aliphatic heterocycles. The predicted molar refractivity (Wildman–Crippen MR) is 111 cm³/mol. The Hall–Kier alpha value is -2.19. The minimum Gasteiger partial charge on any atom is -0.494 e. The van der Waals surface area contributed by atoms with E-state index in [-0.39, 0.29) is 11.2 Å². The van der Waals surface area contributed by atoms with Crippen LogP contribution < -0.4 is 10.1 Å². The van der Waals surface area contributed by atoms with Crippen LogP contribution in [-0.4, -0.2) is 32.7 Å². The first-order valence-electron chi connectivity index (χ1n) is 8.81. The molecule has 2 heterocycles. The van der Waals surface area contributed by atoms with E-state index in [4.69, 9.17) is 4.74 Å². The number of carbonyl (C=O) groups is 1. The highest BCUT2D eigenvalue weighted by molar-refractivity contribution is 8.00. The van der Waals surface area contributed by atoms with Crippen LogP contribution in [0.1, 0.15) is 31.7 Å². The monoisotopic (exact) mass is 402 g/mol. The zero-order valence-corrected chi connectivity index (χ0v) is 17.4. The van der Waals surface area contributed by atoms with Crippen molar-refractivity contribution < 1.29 is 9.53 Å². The number of thioether (sulfide) groups is 1. The highest BCUT2D eigenvalue weighted by atomic mass is 32.2. The third-order valence-corrected chi connectivity index (χ3v) is 5.93. The summed E-state index contributed by atoms with van der Waals surface area (Å²) in [6.45, 7) is 8.40. The number of nitrogens with one attached hydrogen (secondary N) is 1. The molecule has 0 fully saturated rings. The maximum absolute atomic E-state index is 12.7. The maximum Gasteiger partial charge on any atom is 0.239 e. The molecule has 0 bridgehead atoms. The Bertz CT molecular complexity index is 938. The molecular formula is C19H22N4O2S2.